The molecule has 0 fully saturated rings. The quantitative estimate of drug-likeness (QED) is 0.809. The molecule has 0 radical (unpaired) electrons. The van der Waals surface area contributed by atoms with Gasteiger partial charge in [-0.15, -0.1) is 0 Å². The van der Waals surface area contributed by atoms with Crippen molar-refractivity contribution in [3.8, 4) is 0 Å². The van der Waals surface area contributed by atoms with E-state index < -0.39 is 0 Å². The molecule has 0 saturated carbocycles. The largest absolute Gasteiger partial charge is 0.329 e. The summed E-state index contributed by atoms with van der Waals surface area (Å²) < 4.78 is 2.20. The first-order chi connectivity index (χ1) is 5.65. The van der Waals surface area contributed by atoms with Crippen molar-refractivity contribution in [3.63, 3.8) is 0 Å². The van der Waals surface area contributed by atoms with Crippen LogP contribution < -0.4 is 11.5 Å². The van der Waals surface area contributed by atoms with Gasteiger partial charge < -0.3 is 11.5 Å². The van der Waals surface area contributed by atoms with Crippen LogP contribution in [-0.4, -0.2) is 6.54 Å². The Morgan fingerprint density at radius 3 is 2.75 bits per heavy atom. The molecule has 0 aliphatic heterocycles. The van der Waals surface area contributed by atoms with Crippen molar-refractivity contribution in [1.29, 1.82) is 0 Å². The lowest BCUT2D eigenvalue weighted by molar-refractivity contribution is 0.733. The summed E-state index contributed by atoms with van der Waals surface area (Å²) in [6.45, 7) is 0.471. The standard InChI is InChI=1S/C8H10BrIN2/c9-7-2-1-5(10)3-6(7)8(12)4-11/h1-3,8H,4,11-12H2. The van der Waals surface area contributed by atoms with Gasteiger partial charge in [0, 0.05) is 20.6 Å². The molecule has 0 bridgehead atoms. The number of benzene rings is 1. The summed E-state index contributed by atoms with van der Waals surface area (Å²) in [5.41, 5.74) is 12.4. The number of hydrogen-bond acceptors (Lipinski definition) is 2. The molecule has 66 valence electrons. The Kier molecular flexibility index (Phi) is 3.95. The number of hydrogen-bond donors (Lipinski definition) is 2. The van der Waals surface area contributed by atoms with Crippen molar-refractivity contribution in [3.05, 3.63) is 31.8 Å². The molecule has 1 aromatic rings. The summed E-state index contributed by atoms with van der Waals surface area (Å²) in [4.78, 5) is 0. The van der Waals surface area contributed by atoms with Crippen LogP contribution in [0.15, 0.2) is 22.7 Å². The molecule has 0 spiro atoms. The minimum atomic E-state index is -0.0749. The number of nitrogens with two attached hydrogens (primary N) is 2. The molecule has 1 atom stereocenters. The Morgan fingerprint density at radius 1 is 1.50 bits per heavy atom. The Morgan fingerprint density at radius 2 is 2.17 bits per heavy atom. The van der Waals surface area contributed by atoms with Gasteiger partial charge >= 0.3 is 0 Å². The van der Waals surface area contributed by atoms with Gasteiger partial charge in [0.1, 0.15) is 0 Å². The van der Waals surface area contributed by atoms with E-state index in [1.807, 2.05) is 18.2 Å². The molecule has 0 amide bonds. The van der Waals surface area contributed by atoms with E-state index in [1.165, 1.54) is 3.57 Å². The van der Waals surface area contributed by atoms with Crippen LogP contribution in [0.2, 0.25) is 0 Å². The maximum atomic E-state index is 5.81. The topological polar surface area (TPSA) is 52.0 Å². The summed E-state index contributed by atoms with van der Waals surface area (Å²) in [5.74, 6) is 0. The first-order valence-electron chi connectivity index (χ1n) is 3.55. The van der Waals surface area contributed by atoms with Gasteiger partial charge in [0.25, 0.3) is 0 Å². The monoisotopic (exact) mass is 340 g/mol. The lowest BCUT2D eigenvalue weighted by atomic mass is 10.1. The fourth-order valence-corrected chi connectivity index (χ4v) is 1.98. The predicted octanol–water partition coefficient (Wildman–Crippen LogP) is 2.01. The molecule has 0 aliphatic carbocycles. The maximum Gasteiger partial charge on any atom is 0.0431 e. The van der Waals surface area contributed by atoms with E-state index in [0.29, 0.717) is 6.54 Å². The van der Waals surface area contributed by atoms with Crippen LogP contribution in [0.4, 0.5) is 0 Å². The average Bonchev–Trinajstić information content (AvgIpc) is 2.08. The Balaban J connectivity index is 3.04. The first-order valence-corrected chi connectivity index (χ1v) is 5.43. The molecule has 0 heterocycles. The van der Waals surface area contributed by atoms with E-state index in [-0.39, 0.29) is 6.04 Å². The second-order valence-corrected chi connectivity index (χ2v) is 4.61. The Labute approximate surface area is 94.0 Å². The second kappa shape index (κ2) is 4.55. The van der Waals surface area contributed by atoms with Crippen molar-refractivity contribution in [1.82, 2.24) is 0 Å². The van der Waals surface area contributed by atoms with Crippen LogP contribution in [0.3, 0.4) is 0 Å². The Bertz CT molecular complexity index is 278. The minimum absolute atomic E-state index is 0.0749. The zero-order valence-electron chi connectivity index (χ0n) is 6.43. The summed E-state index contributed by atoms with van der Waals surface area (Å²) in [6.07, 6.45) is 0. The van der Waals surface area contributed by atoms with Crippen LogP contribution in [0.1, 0.15) is 11.6 Å². The van der Waals surface area contributed by atoms with Gasteiger partial charge in [-0.25, -0.2) is 0 Å². The van der Waals surface area contributed by atoms with Crippen molar-refractivity contribution < 1.29 is 0 Å². The fourth-order valence-electron chi connectivity index (χ4n) is 0.926. The van der Waals surface area contributed by atoms with Gasteiger partial charge in [0.05, 0.1) is 0 Å². The van der Waals surface area contributed by atoms with Crippen LogP contribution >= 0.6 is 38.5 Å². The molecule has 1 unspecified atom stereocenters. The zero-order valence-corrected chi connectivity index (χ0v) is 10.2. The molecule has 4 heteroatoms. The molecule has 4 N–H and O–H groups in total. The number of halogens is 2. The smallest absolute Gasteiger partial charge is 0.0431 e. The van der Waals surface area contributed by atoms with E-state index in [9.17, 15) is 0 Å². The van der Waals surface area contributed by atoms with Gasteiger partial charge in [-0.1, -0.05) is 15.9 Å². The molecule has 12 heavy (non-hydrogen) atoms. The maximum absolute atomic E-state index is 5.81. The summed E-state index contributed by atoms with van der Waals surface area (Å²) >= 11 is 5.69. The third-order valence-electron chi connectivity index (χ3n) is 1.61. The highest BCUT2D eigenvalue weighted by molar-refractivity contribution is 14.1. The average molecular weight is 341 g/mol. The zero-order chi connectivity index (χ0) is 9.14. The molecule has 2 nitrogen and oxygen atoms in total. The normalized spacial score (nSPS) is 13.0. The lowest BCUT2D eigenvalue weighted by Crippen LogP contribution is -2.21. The van der Waals surface area contributed by atoms with Crippen molar-refractivity contribution >= 4 is 38.5 Å². The van der Waals surface area contributed by atoms with E-state index in [1.54, 1.807) is 0 Å². The third kappa shape index (κ3) is 2.42. The van der Waals surface area contributed by atoms with Gasteiger partial charge in [0.2, 0.25) is 0 Å². The molecular formula is C8H10BrIN2. The van der Waals surface area contributed by atoms with Crippen LogP contribution in [0.5, 0.6) is 0 Å². The van der Waals surface area contributed by atoms with Gasteiger partial charge in [-0.05, 0) is 46.4 Å². The van der Waals surface area contributed by atoms with Gasteiger partial charge in [-0.3, -0.25) is 0 Å². The second-order valence-electron chi connectivity index (χ2n) is 2.51. The Hall–Kier alpha value is 0.350. The molecule has 0 aliphatic rings. The molecule has 1 rings (SSSR count). The van der Waals surface area contributed by atoms with Gasteiger partial charge in [-0.2, -0.15) is 0 Å². The predicted molar refractivity (Wildman–Crippen MR) is 62.8 cm³/mol. The van der Waals surface area contributed by atoms with E-state index in [4.69, 9.17) is 11.5 Å². The molecule has 0 aromatic heterocycles. The summed E-state index contributed by atoms with van der Waals surface area (Å²) in [6, 6.07) is 5.99. The highest BCUT2D eigenvalue weighted by atomic mass is 127. The summed E-state index contributed by atoms with van der Waals surface area (Å²) in [5, 5.41) is 0. The third-order valence-corrected chi connectivity index (χ3v) is 3.00. The highest BCUT2D eigenvalue weighted by Crippen LogP contribution is 2.23. The van der Waals surface area contributed by atoms with Crippen LogP contribution in [0, 0.1) is 3.57 Å². The minimum Gasteiger partial charge on any atom is -0.329 e. The molecule has 0 saturated heterocycles. The van der Waals surface area contributed by atoms with E-state index in [2.05, 4.69) is 38.5 Å². The van der Waals surface area contributed by atoms with Crippen molar-refractivity contribution in [2.75, 3.05) is 6.54 Å². The van der Waals surface area contributed by atoms with Crippen LogP contribution in [0.25, 0.3) is 0 Å². The number of rotatable bonds is 2. The lowest BCUT2D eigenvalue weighted by Gasteiger charge is -2.11. The van der Waals surface area contributed by atoms with E-state index >= 15 is 0 Å². The fraction of sp³-hybridized carbons (Fsp3) is 0.250. The SMILES string of the molecule is NCC(N)c1cc(I)ccc1Br. The van der Waals surface area contributed by atoms with Gasteiger partial charge in [0.15, 0.2) is 0 Å². The van der Waals surface area contributed by atoms with E-state index in [0.717, 1.165) is 10.0 Å². The molecule has 1 aromatic carbocycles. The first kappa shape index (κ1) is 10.4. The molecular weight excluding hydrogens is 331 g/mol. The van der Waals surface area contributed by atoms with Crippen molar-refractivity contribution in [2.45, 2.75) is 6.04 Å². The van der Waals surface area contributed by atoms with Crippen molar-refractivity contribution in [2.24, 2.45) is 11.5 Å². The van der Waals surface area contributed by atoms with Crippen LogP contribution in [-0.2, 0) is 0 Å². The summed E-state index contributed by atoms with van der Waals surface area (Å²) in [7, 11) is 0. The highest BCUT2D eigenvalue weighted by Gasteiger charge is 2.07.